The Morgan fingerprint density at radius 2 is 2.00 bits per heavy atom. The van der Waals surface area contributed by atoms with Crippen molar-refractivity contribution in [2.75, 3.05) is 13.3 Å². The molecule has 0 radical (unpaired) electrons. The zero-order chi connectivity index (χ0) is 14.0. The average molecular weight is 277 g/mol. The number of likely N-dealkylation sites (N-methyl/N-ethyl adjacent to an activating group) is 1. The van der Waals surface area contributed by atoms with Gasteiger partial charge in [0.05, 0.1) is 4.92 Å². The second kappa shape index (κ2) is 5.23. The highest BCUT2D eigenvalue weighted by Crippen LogP contribution is 2.22. The summed E-state index contributed by atoms with van der Waals surface area (Å²) in [7, 11) is 1.66. The van der Waals surface area contributed by atoms with Gasteiger partial charge in [0.2, 0.25) is 0 Å². The third-order valence-corrected chi connectivity index (χ3v) is 3.35. The molecule has 1 aliphatic heterocycles. The highest BCUT2D eigenvalue weighted by Gasteiger charge is 2.25. The highest BCUT2D eigenvalue weighted by atomic mass is 32.2. The van der Waals surface area contributed by atoms with Crippen molar-refractivity contribution in [2.24, 2.45) is 4.99 Å². The van der Waals surface area contributed by atoms with Gasteiger partial charge in [-0.1, -0.05) is 11.8 Å². The molecule has 0 unspecified atom stereocenters. The summed E-state index contributed by atoms with van der Waals surface area (Å²) in [6, 6.07) is 5.97. The topological polar surface area (TPSA) is 75.8 Å². The molecule has 1 aromatic carbocycles. The number of hydrogen-bond acceptors (Lipinski definition) is 5. The van der Waals surface area contributed by atoms with Crippen molar-refractivity contribution in [1.82, 2.24) is 4.90 Å². The minimum absolute atomic E-state index is 0.0188. The monoisotopic (exact) mass is 277 g/mol. The lowest BCUT2D eigenvalue weighted by Gasteiger charge is -2.07. The number of nitro benzene ring substituents is 1. The van der Waals surface area contributed by atoms with Gasteiger partial charge in [-0.25, -0.2) is 4.99 Å². The molecular formula is C12H11N3O3S. The Labute approximate surface area is 114 Å². The Balaban J connectivity index is 2.29. The molecule has 1 amide bonds. The normalized spacial score (nSPS) is 16.9. The second-order valence-electron chi connectivity index (χ2n) is 3.84. The summed E-state index contributed by atoms with van der Waals surface area (Å²) < 4.78 is 0. The fourth-order valence-corrected chi connectivity index (χ4v) is 2.16. The van der Waals surface area contributed by atoms with Gasteiger partial charge in [0.15, 0.2) is 5.17 Å². The van der Waals surface area contributed by atoms with Gasteiger partial charge in [-0.3, -0.25) is 19.8 Å². The predicted octanol–water partition coefficient (Wildman–Crippen LogP) is 2.13. The fourth-order valence-electron chi connectivity index (χ4n) is 1.61. The van der Waals surface area contributed by atoms with Crippen LogP contribution in [0.15, 0.2) is 35.0 Å². The summed E-state index contributed by atoms with van der Waals surface area (Å²) in [4.78, 5) is 27.6. The van der Waals surface area contributed by atoms with Crippen LogP contribution in [-0.2, 0) is 4.79 Å². The number of carbonyl (C=O) groups excluding carboxylic acids is 1. The molecule has 1 aromatic rings. The maximum atomic E-state index is 11.9. The first-order valence-electron chi connectivity index (χ1n) is 5.40. The van der Waals surface area contributed by atoms with Gasteiger partial charge in [-0.05, 0) is 30.0 Å². The van der Waals surface area contributed by atoms with E-state index >= 15 is 0 Å². The van der Waals surface area contributed by atoms with Crippen molar-refractivity contribution >= 4 is 34.6 Å². The summed E-state index contributed by atoms with van der Waals surface area (Å²) in [6.45, 7) is 0. The van der Waals surface area contributed by atoms with Crippen LogP contribution < -0.4 is 0 Å². The minimum atomic E-state index is -0.463. The summed E-state index contributed by atoms with van der Waals surface area (Å²) in [5.74, 6) is -0.178. The van der Waals surface area contributed by atoms with Crippen molar-refractivity contribution in [3.05, 3.63) is 45.6 Å². The van der Waals surface area contributed by atoms with E-state index in [2.05, 4.69) is 4.99 Å². The van der Waals surface area contributed by atoms with E-state index in [-0.39, 0.29) is 11.6 Å². The van der Waals surface area contributed by atoms with Crippen molar-refractivity contribution < 1.29 is 9.72 Å². The molecule has 6 nitrogen and oxygen atoms in total. The number of nitro groups is 1. The van der Waals surface area contributed by atoms with Crippen LogP contribution in [-0.4, -0.2) is 34.2 Å². The number of non-ortho nitro benzene ring substituents is 1. The molecule has 0 fully saturated rings. The predicted molar refractivity (Wildman–Crippen MR) is 74.8 cm³/mol. The van der Waals surface area contributed by atoms with Crippen molar-refractivity contribution in [1.29, 1.82) is 0 Å². The van der Waals surface area contributed by atoms with E-state index < -0.39 is 4.92 Å². The molecule has 98 valence electrons. The molecule has 0 bridgehead atoms. The molecule has 0 atom stereocenters. The van der Waals surface area contributed by atoms with Crippen LogP contribution in [0.1, 0.15) is 5.56 Å². The van der Waals surface area contributed by atoms with Crippen LogP contribution in [0.2, 0.25) is 0 Å². The van der Waals surface area contributed by atoms with E-state index in [1.54, 1.807) is 25.3 Å². The van der Waals surface area contributed by atoms with Crippen LogP contribution in [0.3, 0.4) is 0 Å². The molecule has 1 heterocycles. The third kappa shape index (κ3) is 2.65. The smallest absolute Gasteiger partial charge is 0.278 e. The van der Waals surface area contributed by atoms with E-state index in [9.17, 15) is 14.9 Å². The molecule has 2 rings (SSSR count). The molecule has 0 saturated heterocycles. The van der Waals surface area contributed by atoms with Crippen molar-refractivity contribution in [2.45, 2.75) is 0 Å². The standard InChI is InChI=1S/C12H11N3O3S/c1-14-11(16)10(13-12(14)19-2)7-8-3-5-9(6-4-8)15(17)18/h3-7H,1-2H3/b10-7+. The first-order chi connectivity index (χ1) is 9.02. The van der Waals surface area contributed by atoms with Crippen LogP contribution in [0.5, 0.6) is 0 Å². The number of benzene rings is 1. The summed E-state index contributed by atoms with van der Waals surface area (Å²) in [5, 5.41) is 11.2. The first-order valence-corrected chi connectivity index (χ1v) is 6.62. The molecule has 1 aliphatic rings. The average Bonchev–Trinajstić information content (AvgIpc) is 2.67. The highest BCUT2D eigenvalue weighted by molar-refractivity contribution is 8.13. The zero-order valence-corrected chi connectivity index (χ0v) is 11.2. The second-order valence-corrected chi connectivity index (χ2v) is 4.61. The van der Waals surface area contributed by atoms with Crippen LogP contribution in [0.25, 0.3) is 6.08 Å². The number of thioether (sulfide) groups is 1. The Morgan fingerprint density at radius 1 is 1.37 bits per heavy atom. The van der Waals surface area contributed by atoms with Crippen molar-refractivity contribution in [3.8, 4) is 0 Å². The number of carbonyl (C=O) groups is 1. The molecule has 0 aromatic heterocycles. The molecule has 7 heteroatoms. The van der Waals surface area contributed by atoms with Gasteiger partial charge >= 0.3 is 0 Å². The van der Waals surface area contributed by atoms with E-state index in [0.717, 1.165) is 0 Å². The first kappa shape index (κ1) is 13.3. The van der Waals surface area contributed by atoms with E-state index in [1.165, 1.54) is 28.8 Å². The number of hydrogen-bond donors (Lipinski definition) is 0. The van der Waals surface area contributed by atoms with Crippen molar-refractivity contribution in [3.63, 3.8) is 0 Å². The Hall–Kier alpha value is -2.15. The molecule has 19 heavy (non-hydrogen) atoms. The number of rotatable bonds is 2. The van der Waals surface area contributed by atoms with E-state index in [0.29, 0.717) is 16.4 Å². The van der Waals surface area contributed by atoms with E-state index in [4.69, 9.17) is 0 Å². The molecule has 0 spiro atoms. The van der Waals surface area contributed by atoms with Crippen LogP contribution in [0, 0.1) is 10.1 Å². The Bertz CT molecular complexity index is 593. The van der Waals surface area contributed by atoms with Gasteiger partial charge in [0.1, 0.15) is 5.70 Å². The van der Waals surface area contributed by atoms with Crippen LogP contribution >= 0.6 is 11.8 Å². The van der Waals surface area contributed by atoms with Crippen LogP contribution in [0.4, 0.5) is 5.69 Å². The number of aliphatic imine (C=N–C) groups is 1. The van der Waals surface area contributed by atoms with Gasteiger partial charge in [0.25, 0.3) is 11.6 Å². The Kier molecular flexibility index (Phi) is 3.66. The molecule has 0 saturated carbocycles. The molecule has 0 N–H and O–H groups in total. The van der Waals surface area contributed by atoms with Gasteiger partial charge in [-0.15, -0.1) is 0 Å². The van der Waals surface area contributed by atoms with E-state index in [1.807, 2.05) is 6.26 Å². The number of amides is 1. The third-order valence-electron chi connectivity index (χ3n) is 2.62. The summed E-state index contributed by atoms with van der Waals surface area (Å²) >= 11 is 1.39. The summed E-state index contributed by atoms with van der Waals surface area (Å²) in [6.07, 6.45) is 3.46. The van der Waals surface area contributed by atoms with Gasteiger partial charge < -0.3 is 0 Å². The van der Waals surface area contributed by atoms with Gasteiger partial charge in [-0.2, -0.15) is 0 Å². The molecule has 0 aliphatic carbocycles. The maximum Gasteiger partial charge on any atom is 0.278 e. The lowest BCUT2D eigenvalue weighted by atomic mass is 10.2. The lowest BCUT2D eigenvalue weighted by Crippen LogP contribution is -2.25. The fraction of sp³-hybridized carbons (Fsp3) is 0.167. The quantitative estimate of drug-likeness (QED) is 0.471. The summed E-state index contributed by atoms with van der Waals surface area (Å²) in [5.41, 5.74) is 1.06. The maximum absolute atomic E-state index is 11.9. The molecular weight excluding hydrogens is 266 g/mol. The number of amidine groups is 1. The Morgan fingerprint density at radius 3 is 2.47 bits per heavy atom. The SMILES string of the molecule is CSC1=N/C(=C/c2ccc([N+](=O)[O-])cc2)C(=O)N1C. The lowest BCUT2D eigenvalue weighted by molar-refractivity contribution is -0.384. The largest absolute Gasteiger partial charge is 0.289 e. The number of nitrogens with zero attached hydrogens (tertiary/aromatic N) is 3. The zero-order valence-electron chi connectivity index (χ0n) is 10.4. The minimum Gasteiger partial charge on any atom is -0.289 e. The van der Waals surface area contributed by atoms with Gasteiger partial charge in [0, 0.05) is 19.2 Å².